The number of nitrogens with one attached hydrogen (secondary N) is 2. The van der Waals surface area contributed by atoms with Gasteiger partial charge in [-0.2, -0.15) is 5.10 Å². The molecular formula is C21H34N6O. The zero-order valence-corrected chi connectivity index (χ0v) is 18.2. The fraction of sp³-hybridized carbons (Fsp3) is 0.571. The van der Waals surface area contributed by atoms with E-state index in [0.717, 1.165) is 30.2 Å². The third kappa shape index (κ3) is 6.25. The van der Waals surface area contributed by atoms with E-state index in [1.54, 1.807) is 0 Å². The Morgan fingerprint density at radius 1 is 1.25 bits per heavy atom. The molecule has 0 saturated heterocycles. The van der Waals surface area contributed by atoms with E-state index in [1.807, 2.05) is 43.9 Å². The third-order valence-corrected chi connectivity index (χ3v) is 4.47. The number of hydrogen-bond acceptors (Lipinski definition) is 4. The van der Waals surface area contributed by atoms with E-state index in [-0.39, 0.29) is 12.1 Å². The predicted molar refractivity (Wildman–Crippen MR) is 114 cm³/mol. The molecule has 0 radical (unpaired) electrons. The standard InChI is InChI=1S/C21H34N6O/c1-8-22-21(24-13-18-9-10-20(23-12-18)28-14(2)3)25-15(4)11-19-16(5)26-27(7)17(19)6/h9-10,12,14-15H,8,11,13H2,1-7H3,(H2,22,24,25). The molecule has 0 aliphatic carbocycles. The van der Waals surface area contributed by atoms with Crippen LogP contribution in [0.2, 0.25) is 0 Å². The summed E-state index contributed by atoms with van der Waals surface area (Å²) in [5.41, 5.74) is 4.64. The lowest BCUT2D eigenvalue weighted by molar-refractivity contribution is 0.232. The zero-order chi connectivity index (χ0) is 20.7. The molecule has 0 aliphatic heterocycles. The fourth-order valence-corrected chi connectivity index (χ4v) is 3.01. The number of rotatable bonds is 8. The van der Waals surface area contributed by atoms with Gasteiger partial charge < -0.3 is 15.4 Å². The van der Waals surface area contributed by atoms with Crippen molar-refractivity contribution in [3.8, 4) is 5.88 Å². The van der Waals surface area contributed by atoms with Crippen molar-refractivity contribution in [2.45, 2.75) is 66.7 Å². The molecule has 7 nitrogen and oxygen atoms in total. The van der Waals surface area contributed by atoms with E-state index in [4.69, 9.17) is 9.73 Å². The smallest absolute Gasteiger partial charge is 0.213 e. The molecular weight excluding hydrogens is 352 g/mol. The molecule has 0 spiro atoms. The molecule has 0 aliphatic rings. The summed E-state index contributed by atoms with van der Waals surface area (Å²) < 4.78 is 7.53. The Bertz CT molecular complexity index is 779. The van der Waals surface area contributed by atoms with E-state index in [0.29, 0.717) is 12.4 Å². The van der Waals surface area contributed by atoms with Gasteiger partial charge in [-0.25, -0.2) is 9.98 Å². The maximum atomic E-state index is 5.59. The van der Waals surface area contributed by atoms with Gasteiger partial charge in [0.2, 0.25) is 5.88 Å². The van der Waals surface area contributed by atoms with Crippen LogP contribution < -0.4 is 15.4 Å². The van der Waals surface area contributed by atoms with Crippen molar-refractivity contribution in [1.82, 2.24) is 25.4 Å². The first-order valence-electron chi connectivity index (χ1n) is 9.95. The maximum absolute atomic E-state index is 5.59. The van der Waals surface area contributed by atoms with Gasteiger partial charge in [0.25, 0.3) is 0 Å². The van der Waals surface area contributed by atoms with Gasteiger partial charge in [0.1, 0.15) is 0 Å². The molecule has 7 heteroatoms. The molecule has 2 aromatic rings. The highest BCUT2D eigenvalue weighted by molar-refractivity contribution is 5.80. The van der Waals surface area contributed by atoms with Gasteiger partial charge in [0.15, 0.2) is 5.96 Å². The fourth-order valence-electron chi connectivity index (χ4n) is 3.01. The van der Waals surface area contributed by atoms with Gasteiger partial charge in [-0.1, -0.05) is 6.07 Å². The van der Waals surface area contributed by atoms with Gasteiger partial charge >= 0.3 is 0 Å². The second-order valence-corrected chi connectivity index (χ2v) is 7.39. The molecule has 0 saturated carbocycles. The van der Waals surface area contributed by atoms with Gasteiger partial charge in [-0.3, -0.25) is 4.68 Å². The number of ether oxygens (including phenoxy) is 1. The number of guanidine groups is 1. The Kier molecular flexibility index (Phi) is 7.84. The van der Waals surface area contributed by atoms with Crippen LogP contribution in [0.15, 0.2) is 23.3 Å². The van der Waals surface area contributed by atoms with Crippen LogP contribution in [0, 0.1) is 13.8 Å². The summed E-state index contributed by atoms with van der Waals surface area (Å²) in [5, 5.41) is 11.3. The number of pyridine rings is 1. The van der Waals surface area contributed by atoms with Crippen LogP contribution in [0.4, 0.5) is 0 Å². The summed E-state index contributed by atoms with van der Waals surface area (Å²) in [5.74, 6) is 1.44. The topological polar surface area (TPSA) is 76.4 Å². The van der Waals surface area contributed by atoms with Crippen molar-refractivity contribution in [3.05, 3.63) is 40.8 Å². The Morgan fingerprint density at radius 2 is 2.00 bits per heavy atom. The largest absolute Gasteiger partial charge is 0.475 e. The molecule has 2 N–H and O–H groups in total. The lowest BCUT2D eigenvalue weighted by atomic mass is 10.1. The molecule has 2 rings (SSSR count). The van der Waals surface area contributed by atoms with E-state index >= 15 is 0 Å². The Balaban J connectivity index is 1.99. The van der Waals surface area contributed by atoms with Gasteiger partial charge in [-0.05, 0) is 59.1 Å². The number of aryl methyl sites for hydroxylation is 2. The number of aliphatic imine (C=N–C) groups is 1. The highest BCUT2D eigenvalue weighted by Gasteiger charge is 2.14. The molecule has 1 unspecified atom stereocenters. The molecule has 0 aromatic carbocycles. The summed E-state index contributed by atoms with van der Waals surface area (Å²) in [4.78, 5) is 9.04. The zero-order valence-electron chi connectivity index (χ0n) is 18.2. The minimum atomic E-state index is 0.120. The molecule has 0 amide bonds. The highest BCUT2D eigenvalue weighted by atomic mass is 16.5. The Morgan fingerprint density at radius 3 is 2.54 bits per heavy atom. The molecule has 154 valence electrons. The summed E-state index contributed by atoms with van der Waals surface area (Å²) in [6.07, 6.45) is 2.84. The Hall–Kier alpha value is -2.57. The quantitative estimate of drug-likeness (QED) is 0.539. The molecule has 2 heterocycles. The number of hydrogen-bond donors (Lipinski definition) is 2. The summed E-state index contributed by atoms with van der Waals surface area (Å²) in [7, 11) is 1.99. The summed E-state index contributed by atoms with van der Waals surface area (Å²) in [6.45, 7) is 13.8. The molecule has 1 atom stereocenters. The van der Waals surface area contributed by atoms with Gasteiger partial charge in [0, 0.05) is 37.6 Å². The van der Waals surface area contributed by atoms with Crippen LogP contribution in [0.3, 0.4) is 0 Å². The highest BCUT2D eigenvalue weighted by Crippen LogP contribution is 2.14. The van der Waals surface area contributed by atoms with E-state index in [9.17, 15) is 0 Å². The normalized spacial score (nSPS) is 12.9. The number of aromatic nitrogens is 3. The second-order valence-electron chi connectivity index (χ2n) is 7.39. The van der Waals surface area contributed by atoms with E-state index in [2.05, 4.69) is 48.4 Å². The lowest BCUT2D eigenvalue weighted by Gasteiger charge is -2.18. The SMILES string of the molecule is CCNC(=NCc1ccc(OC(C)C)nc1)NC(C)Cc1c(C)nn(C)c1C. The predicted octanol–water partition coefficient (Wildman–Crippen LogP) is 2.91. The van der Waals surface area contributed by atoms with Crippen molar-refractivity contribution in [2.75, 3.05) is 6.54 Å². The van der Waals surface area contributed by atoms with E-state index in [1.165, 1.54) is 11.3 Å². The van der Waals surface area contributed by atoms with Crippen LogP contribution in [0.1, 0.15) is 50.2 Å². The molecule has 2 aromatic heterocycles. The van der Waals surface area contributed by atoms with E-state index < -0.39 is 0 Å². The minimum Gasteiger partial charge on any atom is -0.475 e. The first-order valence-corrected chi connectivity index (χ1v) is 9.95. The van der Waals surface area contributed by atoms with Crippen molar-refractivity contribution in [3.63, 3.8) is 0 Å². The van der Waals surface area contributed by atoms with Crippen LogP contribution in [0.25, 0.3) is 0 Å². The molecule has 0 fully saturated rings. The maximum Gasteiger partial charge on any atom is 0.213 e. The third-order valence-electron chi connectivity index (χ3n) is 4.47. The Labute approximate surface area is 168 Å². The summed E-state index contributed by atoms with van der Waals surface area (Å²) >= 11 is 0. The van der Waals surface area contributed by atoms with Gasteiger partial charge in [0.05, 0.1) is 18.3 Å². The van der Waals surface area contributed by atoms with Crippen molar-refractivity contribution >= 4 is 5.96 Å². The average molecular weight is 387 g/mol. The van der Waals surface area contributed by atoms with Crippen LogP contribution in [-0.4, -0.2) is 39.4 Å². The second kappa shape index (κ2) is 10.1. The van der Waals surface area contributed by atoms with Crippen LogP contribution >= 0.6 is 0 Å². The van der Waals surface area contributed by atoms with Crippen molar-refractivity contribution in [1.29, 1.82) is 0 Å². The first-order chi connectivity index (χ1) is 13.3. The molecule has 28 heavy (non-hydrogen) atoms. The monoisotopic (exact) mass is 386 g/mol. The summed E-state index contributed by atoms with van der Waals surface area (Å²) in [6, 6.07) is 4.13. The average Bonchev–Trinajstić information content (AvgIpc) is 2.87. The van der Waals surface area contributed by atoms with Crippen molar-refractivity contribution < 1.29 is 4.74 Å². The van der Waals surface area contributed by atoms with Crippen LogP contribution in [0.5, 0.6) is 5.88 Å². The molecule has 0 bridgehead atoms. The van der Waals surface area contributed by atoms with Crippen molar-refractivity contribution in [2.24, 2.45) is 12.0 Å². The van der Waals surface area contributed by atoms with Crippen LogP contribution in [-0.2, 0) is 20.0 Å². The van der Waals surface area contributed by atoms with Gasteiger partial charge in [-0.15, -0.1) is 0 Å². The first kappa shape index (κ1) is 21.7. The minimum absolute atomic E-state index is 0.120. The lowest BCUT2D eigenvalue weighted by Crippen LogP contribution is -2.43. The number of nitrogens with zero attached hydrogens (tertiary/aromatic N) is 4.